The molecule has 2 bridgehead atoms. The van der Waals surface area contributed by atoms with Gasteiger partial charge in [-0.15, -0.1) is 0 Å². The molecule has 0 aliphatic carbocycles. The van der Waals surface area contributed by atoms with E-state index in [0.29, 0.717) is 17.3 Å². The average molecular weight is 446 g/mol. The normalized spacial score (nSPS) is 21.5. The molecular weight excluding hydrogens is 426 g/mol. The van der Waals surface area contributed by atoms with Gasteiger partial charge in [0.05, 0.1) is 11.0 Å². The number of ether oxygens (including phenoxy) is 1. The smallest absolute Gasteiger partial charge is 0.270 e. The SMILES string of the molecule is C[C@@]12C[C@@H](c3ccccc3O1)N(C(=O)c1cccc([N+](=O)[O-])c1)C(=S)N2c1ccccc1. The van der Waals surface area contributed by atoms with Crippen LogP contribution in [0.4, 0.5) is 11.4 Å². The number of hydrogen-bond acceptors (Lipinski definition) is 5. The molecule has 32 heavy (non-hydrogen) atoms. The summed E-state index contributed by atoms with van der Waals surface area (Å²) in [5, 5.41) is 11.6. The number of carbonyl (C=O) groups excluding carboxylic acids is 1. The molecule has 2 heterocycles. The Morgan fingerprint density at radius 2 is 1.81 bits per heavy atom. The summed E-state index contributed by atoms with van der Waals surface area (Å²) in [7, 11) is 0. The summed E-state index contributed by atoms with van der Waals surface area (Å²) in [5.74, 6) is 0.301. The quantitative estimate of drug-likeness (QED) is 0.318. The fraction of sp³-hybridized carbons (Fsp3) is 0.167. The lowest BCUT2D eigenvalue weighted by Gasteiger charge is -2.55. The highest BCUT2D eigenvalue weighted by Crippen LogP contribution is 2.49. The largest absolute Gasteiger partial charge is 0.467 e. The lowest BCUT2D eigenvalue weighted by molar-refractivity contribution is -0.384. The maximum absolute atomic E-state index is 13.7. The van der Waals surface area contributed by atoms with Crippen LogP contribution in [0.1, 0.15) is 35.3 Å². The molecule has 1 fully saturated rings. The van der Waals surface area contributed by atoms with Crippen molar-refractivity contribution in [1.29, 1.82) is 0 Å². The predicted molar refractivity (Wildman–Crippen MR) is 124 cm³/mol. The van der Waals surface area contributed by atoms with Crippen molar-refractivity contribution < 1.29 is 14.5 Å². The molecule has 3 aromatic carbocycles. The van der Waals surface area contributed by atoms with Crippen LogP contribution in [0.15, 0.2) is 78.9 Å². The molecule has 2 aliphatic heterocycles. The van der Waals surface area contributed by atoms with Crippen molar-refractivity contribution in [1.82, 2.24) is 4.90 Å². The van der Waals surface area contributed by atoms with Crippen LogP contribution < -0.4 is 9.64 Å². The van der Waals surface area contributed by atoms with Gasteiger partial charge in [-0.05, 0) is 43.4 Å². The van der Waals surface area contributed by atoms with E-state index in [4.69, 9.17) is 17.0 Å². The first-order valence-corrected chi connectivity index (χ1v) is 10.5. The number of nitro benzene ring substituents is 1. The Morgan fingerprint density at radius 3 is 2.56 bits per heavy atom. The maximum Gasteiger partial charge on any atom is 0.270 e. The molecule has 0 saturated carbocycles. The van der Waals surface area contributed by atoms with Gasteiger partial charge in [-0.2, -0.15) is 0 Å². The number of para-hydroxylation sites is 2. The van der Waals surface area contributed by atoms with Crippen LogP contribution in [0.3, 0.4) is 0 Å². The van der Waals surface area contributed by atoms with Crippen LogP contribution in [-0.2, 0) is 0 Å². The zero-order valence-electron chi connectivity index (χ0n) is 17.2. The predicted octanol–water partition coefficient (Wildman–Crippen LogP) is 5.08. The van der Waals surface area contributed by atoms with Crippen LogP contribution in [0.5, 0.6) is 5.75 Å². The Bertz CT molecular complexity index is 1250. The number of amides is 1. The summed E-state index contributed by atoms with van der Waals surface area (Å²) in [4.78, 5) is 27.9. The second-order valence-electron chi connectivity index (χ2n) is 7.97. The minimum Gasteiger partial charge on any atom is -0.467 e. The molecule has 0 spiro atoms. The molecule has 1 amide bonds. The minimum absolute atomic E-state index is 0.143. The van der Waals surface area contributed by atoms with Gasteiger partial charge in [-0.25, -0.2) is 0 Å². The molecule has 3 aromatic rings. The molecule has 1 saturated heterocycles. The van der Waals surface area contributed by atoms with Crippen molar-refractivity contribution >= 4 is 34.6 Å². The van der Waals surface area contributed by atoms with Crippen LogP contribution in [0, 0.1) is 10.1 Å². The summed E-state index contributed by atoms with van der Waals surface area (Å²) in [6, 6.07) is 22.5. The van der Waals surface area contributed by atoms with Gasteiger partial charge in [0.2, 0.25) is 0 Å². The lowest BCUT2D eigenvalue weighted by Crippen LogP contribution is -2.67. The number of non-ortho nitro benzene ring substituents is 1. The Labute approximate surface area is 190 Å². The first kappa shape index (κ1) is 20.1. The van der Waals surface area contributed by atoms with Gasteiger partial charge in [0, 0.05) is 35.4 Å². The summed E-state index contributed by atoms with van der Waals surface area (Å²) in [6.07, 6.45) is 0.486. The second kappa shape index (κ2) is 7.42. The summed E-state index contributed by atoms with van der Waals surface area (Å²) in [6.45, 7) is 1.96. The van der Waals surface area contributed by atoms with E-state index in [1.807, 2.05) is 66.4 Å². The van der Waals surface area contributed by atoms with Gasteiger partial charge < -0.3 is 4.74 Å². The topological polar surface area (TPSA) is 75.9 Å². The van der Waals surface area contributed by atoms with Crippen molar-refractivity contribution in [3.8, 4) is 5.75 Å². The monoisotopic (exact) mass is 445 g/mol. The third kappa shape index (κ3) is 3.11. The van der Waals surface area contributed by atoms with E-state index in [1.165, 1.54) is 18.2 Å². The molecule has 0 aromatic heterocycles. The van der Waals surface area contributed by atoms with Crippen molar-refractivity contribution in [2.75, 3.05) is 4.90 Å². The van der Waals surface area contributed by atoms with E-state index in [1.54, 1.807) is 11.0 Å². The number of nitrogens with zero attached hydrogens (tertiary/aromatic N) is 3. The fourth-order valence-electron chi connectivity index (χ4n) is 4.49. The molecule has 7 nitrogen and oxygen atoms in total. The molecule has 8 heteroatoms. The van der Waals surface area contributed by atoms with E-state index in [0.717, 1.165) is 11.3 Å². The zero-order valence-corrected chi connectivity index (χ0v) is 18.0. The van der Waals surface area contributed by atoms with E-state index in [2.05, 4.69) is 0 Å². The first-order valence-electron chi connectivity index (χ1n) is 10.1. The van der Waals surface area contributed by atoms with Crippen molar-refractivity contribution in [2.24, 2.45) is 0 Å². The average Bonchev–Trinajstić information content (AvgIpc) is 2.79. The third-order valence-electron chi connectivity index (χ3n) is 5.90. The fourth-order valence-corrected chi connectivity index (χ4v) is 5.00. The molecule has 160 valence electrons. The Kier molecular flexibility index (Phi) is 4.67. The molecular formula is C24H19N3O4S. The summed E-state index contributed by atoms with van der Waals surface area (Å²) >= 11 is 5.86. The molecule has 5 rings (SSSR count). The van der Waals surface area contributed by atoms with Gasteiger partial charge in [-0.1, -0.05) is 42.5 Å². The number of rotatable bonds is 3. The summed E-state index contributed by atoms with van der Waals surface area (Å²) in [5.41, 5.74) is 0.934. The van der Waals surface area contributed by atoms with Gasteiger partial charge in [-0.3, -0.25) is 24.7 Å². The first-order chi connectivity index (χ1) is 15.4. The third-order valence-corrected chi connectivity index (χ3v) is 6.28. The van der Waals surface area contributed by atoms with E-state index >= 15 is 0 Å². The van der Waals surface area contributed by atoms with Crippen LogP contribution >= 0.6 is 12.2 Å². The Morgan fingerprint density at radius 1 is 1.09 bits per heavy atom. The standard InChI is InChI=1S/C24H19N3O4S/c1-24-15-20(19-12-5-6-13-21(19)31-24)25(23(32)26(24)17-9-3-2-4-10-17)22(28)16-8-7-11-18(14-16)27(29)30/h2-14,20H,15H2,1H3/t20-,24-/m0/s1. The number of benzene rings is 3. The highest BCUT2D eigenvalue weighted by molar-refractivity contribution is 7.80. The number of carbonyl (C=O) groups is 1. The van der Waals surface area contributed by atoms with Crippen LogP contribution in [0.25, 0.3) is 0 Å². The molecule has 0 unspecified atom stereocenters. The van der Waals surface area contributed by atoms with Crippen LogP contribution in [0.2, 0.25) is 0 Å². The number of thiocarbonyl (C=S) groups is 1. The highest BCUT2D eigenvalue weighted by atomic mass is 32.1. The van der Waals surface area contributed by atoms with Crippen molar-refractivity contribution in [3.05, 3.63) is 100 Å². The van der Waals surface area contributed by atoms with Gasteiger partial charge in [0.25, 0.3) is 11.6 Å². The van der Waals surface area contributed by atoms with Crippen molar-refractivity contribution in [3.63, 3.8) is 0 Å². The number of hydrogen-bond donors (Lipinski definition) is 0. The molecule has 2 aliphatic rings. The molecule has 0 radical (unpaired) electrons. The van der Waals surface area contributed by atoms with Gasteiger partial charge >= 0.3 is 0 Å². The Balaban J connectivity index is 1.66. The van der Waals surface area contributed by atoms with E-state index in [-0.39, 0.29) is 23.2 Å². The second-order valence-corrected chi connectivity index (χ2v) is 8.34. The van der Waals surface area contributed by atoms with E-state index < -0.39 is 10.6 Å². The number of nitro groups is 1. The van der Waals surface area contributed by atoms with Gasteiger partial charge in [0.1, 0.15) is 5.75 Å². The van der Waals surface area contributed by atoms with Crippen molar-refractivity contribution in [2.45, 2.75) is 25.1 Å². The Hall–Kier alpha value is -3.78. The zero-order chi connectivity index (χ0) is 22.5. The lowest BCUT2D eigenvalue weighted by atomic mass is 9.88. The van der Waals surface area contributed by atoms with Gasteiger partial charge in [0.15, 0.2) is 10.8 Å². The minimum atomic E-state index is -0.795. The van der Waals surface area contributed by atoms with Crippen LogP contribution in [-0.4, -0.2) is 26.6 Å². The number of fused-ring (bicyclic) bond motifs is 4. The number of anilines is 1. The van der Waals surface area contributed by atoms with E-state index in [9.17, 15) is 14.9 Å². The molecule has 0 N–H and O–H groups in total. The highest BCUT2D eigenvalue weighted by Gasteiger charge is 2.53. The maximum atomic E-state index is 13.7. The molecule has 2 atom stereocenters. The summed E-state index contributed by atoms with van der Waals surface area (Å²) < 4.78 is 6.42.